The summed E-state index contributed by atoms with van der Waals surface area (Å²) in [5, 5.41) is 3.26. The fourth-order valence-corrected chi connectivity index (χ4v) is 4.65. The number of methoxy groups -OCH3 is 1. The fourth-order valence-electron chi connectivity index (χ4n) is 2.83. The van der Waals surface area contributed by atoms with Gasteiger partial charge in [0.1, 0.15) is 5.75 Å². The first-order chi connectivity index (χ1) is 11.9. The molecule has 0 radical (unpaired) electrons. The molecular weight excluding hydrogens is 364 g/mol. The van der Waals surface area contributed by atoms with Crippen molar-refractivity contribution < 1.29 is 17.9 Å². The van der Waals surface area contributed by atoms with Crippen LogP contribution in [0.15, 0.2) is 18.2 Å². The third-order valence-corrected chi connectivity index (χ3v) is 6.39. The smallest absolute Gasteiger partial charge is 0.224 e. The highest BCUT2D eigenvalue weighted by Crippen LogP contribution is 2.27. The molecule has 1 heterocycles. The molecule has 1 N–H and O–H groups in total. The number of hydrogen-bond donors (Lipinski definition) is 1. The summed E-state index contributed by atoms with van der Waals surface area (Å²) >= 11 is 5.93. The third-order valence-electron chi connectivity index (χ3n) is 4.20. The van der Waals surface area contributed by atoms with Gasteiger partial charge in [-0.2, -0.15) is 0 Å². The third kappa shape index (κ3) is 6.17. The van der Waals surface area contributed by atoms with Crippen LogP contribution in [0, 0.1) is 0 Å². The van der Waals surface area contributed by atoms with E-state index in [0.29, 0.717) is 42.4 Å². The first-order valence-electron chi connectivity index (χ1n) is 8.53. The molecule has 1 aliphatic heterocycles. The number of rotatable bonds is 8. The summed E-state index contributed by atoms with van der Waals surface area (Å²) in [6, 6.07) is 4.99. The number of halogens is 1. The van der Waals surface area contributed by atoms with Crippen LogP contribution >= 0.6 is 11.6 Å². The molecule has 0 aromatic heterocycles. The maximum Gasteiger partial charge on any atom is 0.224 e. The monoisotopic (exact) mass is 388 g/mol. The van der Waals surface area contributed by atoms with Gasteiger partial charge in [-0.05, 0) is 43.9 Å². The number of carbonyl (C=O) groups excluding carboxylic acids is 1. The van der Waals surface area contributed by atoms with Crippen LogP contribution in [0.5, 0.6) is 5.75 Å². The highest BCUT2D eigenvalue weighted by atomic mass is 35.5. The minimum Gasteiger partial charge on any atom is -0.495 e. The van der Waals surface area contributed by atoms with Crippen molar-refractivity contribution in [2.24, 2.45) is 0 Å². The maximum absolute atomic E-state index is 12.2. The Morgan fingerprint density at radius 3 is 2.64 bits per heavy atom. The molecule has 1 aromatic rings. The molecule has 0 atom stereocenters. The van der Waals surface area contributed by atoms with Crippen LogP contribution in [0.1, 0.15) is 38.5 Å². The second-order valence-electron chi connectivity index (χ2n) is 6.13. The van der Waals surface area contributed by atoms with E-state index in [9.17, 15) is 13.2 Å². The zero-order chi connectivity index (χ0) is 18.3. The van der Waals surface area contributed by atoms with Gasteiger partial charge in [-0.3, -0.25) is 4.79 Å². The van der Waals surface area contributed by atoms with E-state index in [4.69, 9.17) is 16.3 Å². The van der Waals surface area contributed by atoms with Gasteiger partial charge in [0.05, 0.1) is 18.6 Å². The maximum atomic E-state index is 12.2. The van der Waals surface area contributed by atoms with E-state index in [-0.39, 0.29) is 18.1 Å². The van der Waals surface area contributed by atoms with Crippen molar-refractivity contribution in [3.8, 4) is 5.75 Å². The Bertz CT molecular complexity index is 688. The lowest BCUT2D eigenvalue weighted by atomic mass is 10.2. The van der Waals surface area contributed by atoms with E-state index in [0.717, 1.165) is 19.3 Å². The zero-order valence-electron chi connectivity index (χ0n) is 14.5. The number of benzene rings is 1. The van der Waals surface area contributed by atoms with Crippen LogP contribution in [-0.4, -0.2) is 44.6 Å². The Balaban J connectivity index is 1.76. The van der Waals surface area contributed by atoms with E-state index in [2.05, 4.69) is 5.32 Å². The summed E-state index contributed by atoms with van der Waals surface area (Å²) in [4.78, 5) is 12.0. The number of anilines is 1. The van der Waals surface area contributed by atoms with E-state index in [1.165, 1.54) is 7.11 Å². The first-order valence-corrected chi connectivity index (χ1v) is 10.5. The lowest BCUT2D eigenvalue weighted by molar-refractivity contribution is -0.116. The van der Waals surface area contributed by atoms with E-state index < -0.39 is 10.0 Å². The van der Waals surface area contributed by atoms with Gasteiger partial charge in [-0.15, -0.1) is 0 Å². The second kappa shape index (κ2) is 9.40. The van der Waals surface area contributed by atoms with Crippen LogP contribution in [0.2, 0.25) is 5.02 Å². The molecule has 2 rings (SSSR count). The molecule has 1 aliphatic rings. The van der Waals surface area contributed by atoms with Crippen LogP contribution in [0.3, 0.4) is 0 Å². The van der Waals surface area contributed by atoms with Crippen molar-refractivity contribution in [2.75, 3.05) is 31.3 Å². The molecule has 25 heavy (non-hydrogen) atoms. The zero-order valence-corrected chi connectivity index (χ0v) is 16.0. The predicted octanol–water partition coefficient (Wildman–Crippen LogP) is 3.27. The van der Waals surface area contributed by atoms with Crippen molar-refractivity contribution in [1.29, 1.82) is 0 Å². The van der Waals surface area contributed by atoms with Crippen molar-refractivity contribution in [3.05, 3.63) is 23.2 Å². The van der Waals surface area contributed by atoms with Gasteiger partial charge in [0, 0.05) is 24.5 Å². The Hall–Kier alpha value is -1.31. The van der Waals surface area contributed by atoms with E-state index in [1.54, 1.807) is 22.5 Å². The fraction of sp³-hybridized carbons (Fsp3) is 0.588. The molecule has 0 spiro atoms. The van der Waals surface area contributed by atoms with Gasteiger partial charge in [-0.1, -0.05) is 18.0 Å². The highest BCUT2D eigenvalue weighted by Gasteiger charge is 2.23. The van der Waals surface area contributed by atoms with Crippen molar-refractivity contribution >= 4 is 33.2 Å². The molecule has 0 saturated carbocycles. The number of amides is 1. The largest absolute Gasteiger partial charge is 0.495 e. The quantitative estimate of drug-likeness (QED) is 0.693. The molecule has 0 aliphatic carbocycles. The van der Waals surface area contributed by atoms with E-state index >= 15 is 0 Å². The summed E-state index contributed by atoms with van der Waals surface area (Å²) in [6.07, 6.45) is 4.21. The van der Waals surface area contributed by atoms with Gasteiger partial charge in [0.15, 0.2) is 0 Å². The molecule has 0 bridgehead atoms. The van der Waals surface area contributed by atoms with Gasteiger partial charge in [-0.25, -0.2) is 12.7 Å². The number of hydrogen-bond acceptors (Lipinski definition) is 4. The minimum absolute atomic E-state index is 0.0980. The average molecular weight is 389 g/mol. The SMILES string of the molecule is COc1ccc(Cl)cc1NC(=O)CCCCS(=O)(=O)N1CCCCC1. The molecule has 1 saturated heterocycles. The molecule has 1 fully saturated rings. The van der Waals surface area contributed by atoms with Gasteiger partial charge >= 0.3 is 0 Å². The number of nitrogens with zero attached hydrogens (tertiary/aromatic N) is 1. The van der Waals surface area contributed by atoms with Crippen LogP contribution in [-0.2, 0) is 14.8 Å². The topological polar surface area (TPSA) is 75.7 Å². The number of nitrogens with one attached hydrogen (secondary N) is 1. The summed E-state index contributed by atoms with van der Waals surface area (Å²) in [6.45, 7) is 1.24. The van der Waals surface area contributed by atoms with Crippen molar-refractivity contribution in [1.82, 2.24) is 4.31 Å². The number of unbranched alkanes of at least 4 members (excludes halogenated alkanes) is 1. The van der Waals surface area contributed by atoms with Crippen LogP contribution in [0.4, 0.5) is 5.69 Å². The van der Waals surface area contributed by atoms with E-state index in [1.807, 2.05) is 0 Å². The summed E-state index contributed by atoms with van der Waals surface area (Å²) in [5.41, 5.74) is 0.515. The van der Waals surface area contributed by atoms with Gasteiger partial charge in [0.25, 0.3) is 0 Å². The van der Waals surface area contributed by atoms with Crippen molar-refractivity contribution in [2.45, 2.75) is 38.5 Å². The Morgan fingerprint density at radius 1 is 1.24 bits per heavy atom. The number of carbonyl (C=O) groups is 1. The molecule has 0 unspecified atom stereocenters. The number of ether oxygens (including phenoxy) is 1. The predicted molar refractivity (Wildman–Crippen MR) is 99.7 cm³/mol. The second-order valence-corrected chi connectivity index (χ2v) is 8.65. The molecule has 1 amide bonds. The summed E-state index contributed by atoms with van der Waals surface area (Å²) in [7, 11) is -1.67. The lowest BCUT2D eigenvalue weighted by Crippen LogP contribution is -2.37. The molecule has 8 heteroatoms. The Labute approximate surface area is 154 Å². The van der Waals surface area contributed by atoms with Gasteiger partial charge < -0.3 is 10.1 Å². The first kappa shape index (κ1) is 20.0. The standard InChI is InChI=1S/C17H25ClN2O4S/c1-24-16-9-8-14(18)13-15(16)19-17(21)7-3-6-12-25(22,23)20-10-4-2-5-11-20/h8-9,13H,2-7,10-12H2,1H3,(H,19,21). The molecule has 1 aromatic carbocycles. The number of sulfonamides is 1. The molecule has 140 valence electrons. The average Bonchev–Trinajstić information content (AvgIpc) is 2.60. The minimum atomic E-state index is -3.19. The summed E-state index contributed by atoms with van der Waals surface area (Å²) in [5.74, 6) is 0.446. The van der Waals surface area contributed by atoms with Gasteiger partial charge in [0.2, 0.25) is 15.9 Å². The highest BCUT2D eigenvalue weighted by molar-refractivity contribution is 7.89. The normalized spacial score (nSPS) is 15.8. The Morgan fingerprint density at radius 2 is 1.96 bits per heavy atom. The lowest BCUT2D eigenvalue weighted by Gasteiger charge is -2.25. The number of piperidine rings is 1. The van der Waals surface area contributed by atoms with Crippen molar-refractivity contribution in [3.63, 3.8) is 0 Å². The van der Waals surface area contributed by atoms with Crippen LogP contribution in [0.25, 0.3) is 0 Å². The molecular formula is C17H25ClN2O4S. The summed E-state index contributed by atoms with van der Waals surface area (Å²) < 4.78 is 31.2. The molecule has 6 nitrogen and oxygen atoms in total. The van der Waals surface area contributed by atoms with Crippen LogP contribution < -0.4 is 10.1 Å². The Kier molecular flexibility index (Phi) is 7.53.